The van der Waals surface area contributed by atoms with Gasteiger partial charge in [-0.3, -0.25) is 9.59 Å². The Balaban J connectivity index is 1.44. The van der Waals surface area contributed by atoms with Gasteiger partial charge in [-0.1, -0.05) is 373 Å². The molecule has 18 unspecified atom stereocenters. The standard InChI is InChI=1S/C88H168N2O21/c1-4-6-8-10-12-14-16-18-20-22-24-26-28-30-31-32-33-34-35-36-38-40-42-44-46-48-50-52-54-56-58-60-62-75(98)90-69(70(95)61-59-57-55-53-51-49-47-45-43-41-39-37-29-27-25-23-21-19-17-15-13-11-9-7-5-2)67-106-85-80(102)79(101)82(74(66-93)108-85)109-86-81(103)84(78(100)73(65-92)107-86)111-88(87(104)105)63-71(96)76(89-68(3)94)83(110-88)77(99)72(97)64-91/h69-74,76-86,91-93,95-97,99-103H,4-67H2,1-3H3,(H,89,94)(H,90,98)(H,104,105). The molecule has 0 aromatic carbocycles. The zero-order chi connectivity index (χ0) is 81.0. The fourth-order valence-electron chi connectivity index (χ4n) is 16.4. The zero-order valence-corrected chi connectivity index (χ0v) is 70.1. The van der Waals surface area contributed by atoms with Gasteiger partial charge in [0.1, 0.15) is 67.1 Å². The number of rotatable bonds is 75. The van der Waals surface area contributed by atoms with Crippen LogP contribution in [0.15, 0.2) is 0 Å². The topological polar surface area (TPSA) is 373 Å². The summed E-state index contributed by atoms with van der Waals surface area (Å²) in [5.41, 5.74) is 0. The van der Waals surface area contributed by atoms with Crippen molar-refractivity contribution in [3.05, 3.63) is 0 Å². The van der Waals surface area contributed by atoms with Crippen LogP contribution in [0.4, 0.5) is 0 Å². The molecule has 111 heavy (non-hydrogen) atoms. The van der Waals surface area contributed by atoms with Gasteiger partial charge in [-0.25, -0.2) is 4.79 Å². The van der Waals surface area contributed by atoms with Crippen LogP contribution in [0.3, 0.4) is 0 Å². The molecule has 3 aliphatic rings. The Morgan fingerprint density at radius 3 is 1.13 bits per heavy atom. The summed E-state index contributed by atoms with van der Waals surface area (Å²) in [6.45, 7) is 2.30. The molecule has 3 saturated heterocycles. The fourth-order valence-corrected chi connectivity index (χ4v) is 16.4. The van der Waals surface area contributed by atoms with Crippen LogP contribution in [0.2, 0.25) is 0 Å². The maximum Gasteiger partial charge on any atom is 0.364 e. The molecule has 0 aromatic rings. The van der Waals surface area contributed by atoms with Crippen LogP contribution in [-0.2, 0) is 42.8 Å². The van der Waals surface area contributed by atoms with Gasteiger partial charge in [0.05, 0.1) is 50.7 Å². The summed E-state index contributed by atoms with van der Waals surface area (Å²) >= 11 is 0. The van der Waals surface area contributed by atoms with Gasteiger partial charge >= 0.3 is 5.97 Å². The van der Waals surface area contributed by atoms with Crippen molar-refractivity contribution in [3.8, 4) is 0 Å². The number of carbonyl (C=O) groups excluding carboxylic acids is 2. The zero-order valence-electron chi connectivity index (χ0n) is 70.1. The highest BCUT2D eigenvalue weighted by Crippen LogP contribution is 2.39. The van der Waals surface area contributed by atoms with Crippen molar-refractivity contribution in [3.63, 3.8) is 0 Å². The third-order valence-electron chi connectivity index (χ3n) is 23.6. The first-order valence-corrected chi connectivity index (χ1v) is 45.9. The van der Waals surface area contributed by atoms with Crippen molar-refractivity contribution in [2.24, 2.45) is 0 Å². The Bertz CT molecular complexity index is 2190. The molecule has 3 aliphatic heterocycles. The second kappa shape index (κ2) is 66.6. The van der Waals surface area contributed by atoms with Gasteiger partial charge in [-0.15, -0.1) is 0 Å². The molecule has 656 valence electrons. The van der Waals surface area contributed by atoms with Crippen LogP contribution >= 0.6 is 0 Å². The van der Waals surface area contributed by atoms with Gasteiger partial charge < -0.3 is 100 Å². The fraction of sp³-hybridized carbons (Fsp3) is 0.966. The Hall–Kier alpha value is -2.27. The van der Waals surface area contributed by atoms with Crippen LogP contribution in [0.5, 0.6) is 0 Å². The minimum absolute atomic E-state index is 0.230. The summed E-state index contributed by atoms with van der Waals surface area (Å²) in [5, 5.41) is 137. The Kier molecular flexibility index (Phi) is 61.8. The first kappa shape index (κ1) is 103. The van der Waals surface area contributed by atoms with Crippen LogP contribution in [0, 0.1) is 0 Å². The van der Waals surface area contributed by atoms with E-state index < -0.39 is 148 Å². The number of hydrogen-bond donors (Lipinski definition) is 14. The number of aliphatic hydroxyl groups is 11. The van der Waals surface area contributed by atoms with E-state index in [4.69, 9.17) is 28.4 Å². The number of carboxylic acids is 1. The third-order valence-corrected chi connectivity index (χ3v) is 23.6. The molecule has 0 saturated carbocycles. The van der Waals surface area contributed by atoms with Crippen LogP contribution < -0.4 is 10.6 Å². The average Bonchev–Trinajstić information content (AvgIpc) is 0.753. The molecule has 2 amide bonds. The predicted octanol–water partition coefficient (Wildman–Crippen LogP) is 14.7. The molecule has 3 heterocycles. The van der Waals surface area contributed by atoms with E-state index in [9.17, 15) is 75.7 Å². The summed E-state index contributed by atoms with van der Waals surface area (Å²) in [7, 11) is 0. The number of nitrogens with one attached hydrogen (secondary N) is 2. The Morgan fingerprint density at radius 2 is 0.784 bits per heavy atom. The lowest BCUT2D eigenvalue weighted by Crippen LogP contribution is -2.70. The van der Waals surface area contributed by atoms with Crippen molar-refractivity contribution in [2.45, 2.75) is 516 Å². The second-order valence-corrected chi connectivity index (χ2v) is 33.5. The molecule has 23 heteroatoms. The predicted molar refractivity (Wildman–Crippen MR) is 435 cm³/mol. The molecule has 0 bridgehead atoms. The molecule has 0 spiro atoms. The molecular weight excluding hydrogens is 1420 g/mol. The van der Waals surface area contributed by atoms with Gasteiger partial charge in [0.2, 0.25) is 11.8 Å². The van der Waals surface area contributed by atoms with Crippen LogP contribution in [0.25, 0.3) is 0 Å². The first-order chi connectivity index (χ1) is 53.9. The van der Waals surface area contributed by atoms with Gasteiger partial charge in [-0.2, -0.15) is 0 Å². The summed E-state index contributed by atoms with van der Waals surface area (Å²) in [6, 6.07) is -2.53. The van der Waals surface area contributed by atoms with Gasteiger partial charge in [0, 0.05) is 19.8 Å². The molecule has 23 nitrogen and oxygen atoms in total. The van der Waals surface area contributed by atoms with Crippen LogP contribution in [-0.4, -0.2) is 215 Å². The number of aliphatic carboxylic acids is 1. The Morgan fingerprint density at radius 1 is 0.432 bits per heavy atom. The van der Waals surface area contributed by atoms with Crippen molar-refractivity contribution in [2.75, 3.05) is 26.4 Å². The van der Waals surface area contributed by atoms with Crippen molar-refractivity contribution in [1.82, 2.24) is 10.6 Å². The van der Waals surface area contributed by atoms with E-state index in [2.05, 4.69) is 24.5 Å². The summed E-state index contributed by atoms with van der Waals surface area (Å²) in [4.78, 5) is 38.8. The monoisotopic (exact) mass is 1590 g/mol. The van der Waals surface area contributed by atoms with E-state index in [-0.39, 0.29) is 18.9 Å². The highest BCUT2D eigenvalue weighted by atomic mass is 16.8. The molecular formula is C88H168N2O21. The molecule has 3 fully saturated rings. The number of amides is 2. The number of hydrogen-bond acceptors (Lipinski definition) is 20. The summed E-state index contributed by atoms with van der Waals surface area (Å²) in [5.74, 6) is -6.08. The highest BCUT2D eigenvalue weighted by Gasteiger charge is 2.60. The molecule has 0 aliphatic carbocycles. The average molecular weight is 1590 g/mol. The largest absolute Gasteiger partial charge is 0.477 e. The molecule has 14 N–H and O–H groups in total. The number of carboxylic acid groups (broad SMARTS) is 1. The number of ether oxygens (including phenoxy) is 6. The van der Waals surface area contributed by atoms with Crippen molar-refractivity contribution in [1.29, 1.82) is 0 Å². The second-order valence-electron chi connectivity index (χ2n) is 33.5. The minimum Gasteiger partial charge on any atom is -0.477 e. The minimum atomic E-state index is -3.08. The van der Waals surface area contributed by atoms with Crippen molar-refractivity contribution < 1.29 is 104 Å². The highest BCUT2D eigenvalue weighted by molar-refractivity contribution is 5.77. The molecule has 0 radical (unpaired) electrons. The van der Waals surface area contributed by atoms with E-state index in [1.165, 1.54) is 308 Å². The van der Waals surface area contributed by atoms with Gasteiger partial charge in [0.25, 0.3) is 5.79 Å². The lowest BCUT2D eigenvalue weighted by atomic mass is 9.88. The maximum atomic E-state index is 13.6. The smallest absolute Gasteiger partial charge is 0.364 e. The SMILES string of the molecule is CCCCCCCCCCCCCCCCCCCCCCCCCCCCCCCCCCC(=O)NC(COC1OC(CO)C(OC2OC(CO)C(O)C(OC3(C(=O)O)CC(O)C(NC(C)=O)C(C(O)C(O)CO)O3)C2O)C(O)C1O)C(O)CCCCCCCCCCCCCCCCCCCCCCCCCCC. The van der Waals surface area contributed by atoms with E-state index >= 15 is 0 Å². The molecule has 3 rings (SSSR count). The quantitative estimate of drug-likeness (QED) is 0.0252. The Labute approximate surface area is 671 Å². The number of aliphatic hydroxyl groups excluding tert-OH is 11. The maximum absolute atomic E-state index is 13.6. The number of unbranched alkanes of at least 4 members (excludes halogenated alkanes) is 55. The lowest BCUT2D eigenvalue weighted by Gasteiger charge is -2.50. The summed E-state index contributed by atoms with van der Waals surface area (Å²) < 4.78 is 35.1. The normalized spacial score (nSPS) is 25.4. The third kappa shape index (κ3) is 45.5. The summed E-state index contributed by atoms with van der Waals surface area (Å²) in [6.07, 6.45) is 45.4. The van der Waals surface area contributed by atoms with E-state index in [0.29, 0.717) is 19.3 Å². The van der Waals surface area contributed by atoms with Gasteiger partial charge in [-0.05, 0) is 12.8 Å². The molecule has 0 aromatic heterocycles. The van der Waals surface area contributed by atoms with Gasteiger partial charge in [0.15, 0.2) is 12.6 Å². The van der Waals surface area contributed by atoms with E-state index in [1.54, 1.807) is 0 Å². The van der Waals surface area contributed by atoms with Crippen molar-refractivity contribution >= 4 is 17.8 Å². The number of carbonyl (C=O) groups is 3. The molecule has 18 atom stereocenters. The van der Waals surface area contributed by atoms with E-state index in [0.717, 1.165) is 51.9 Å². The van der Waals surface area contributed by atoms with Crippen LogP contribution in [0.1, 0.15) is 406 Å². The lowest BCUT2D eigenvalue weighted by molar-refractivity contribution is -0.386. The van der Waals surface area contributed by atoms with E-state index in [1.807, 2.05) is 0 Å². The first-order valence-electron chi connectivity index (χ1n) is 45.9.